The van der Waals surface area contributed by atoms with Crippen LogP contribution in [0.3, 0.4) is 0 Å². The number of pyridine rings is 1. The quantitative estimate of drug-likeness (QED) is 0.151. The molecule has 16 heteroatoms. The minimum atomic E-state index is -0.702. The van der Waals surface area contributed by atoms with Crippen LogP contribution in [0.1, 0.15) is 140 Å². The number of carbonyl (C=O) groups is 5. The summed E-state index contributed by atoms with van der Waals surface area (Å²) in [4.78, 5) is 88.8. The number of nitrogens with one attached hydrogen (secondary N) is 2. The lowest BCUT2D eigenvalue weighted by molar-refractivity contribution is -0.150. The molecule has 4 aromatic rings. The van der Waals surface area contributed by atoms with E-state index in [4.69, 9.17) is 9.97 Å². The van der Waals surface area contributed by atoms with Crippen LogP contribution in [0.15, 0.2) is 48.8 Å². The molecule has 8 heterocycles. The Labute approximate surface area is 427 Å². The molecule has 6 aliphatic heterocycles. The number of fused-ring (bicyclic) bond motifs is 3. The number of aromatic nitrogens is 3. The lowest BCUT2D eigenvalue weighted by Gasteiger charge is -2.48. The summed E-state index contributed by atoms with van der Waals surface area (Å²) in [6.45, 7) is 12.0. The number of amides is 5. The summed E-state index contributed by atoms with van der Waals surface area (Å²) < 4.78 is 17.5. The summed E-state index contributed by atoms with van der Waals surface area (Å²) in [5, 5.41) is 6.02. The highest BCUT2D eigenvalue weighted by atomic mass is 19.1. The molecule has 5 amide bonds. The number of nitrogens with zero attached hydrogens (tertiary/aromatic N) is 8. The zero-order chi connectivity index (χ0) is 50.3. The third-order valence-electron chi connectivity index (χ3n) is 18.5. The van der Waals surface area contributed by atoms with Gasteiger partial charge in [-0.3, -0.25) is 29.3 Å². The van der Waals surface area contributed by atoms with Gasteiger partial charge in [0, 0.05) is 104 Å². The summed E-state index contributed by atoms with van der Waals surface area (Å²) in [5.41, 5.74) is 5.55. The lowest BCUT2D eigenvalue weighted by Crippen LogP contribution is -2.59. The minimum absolute atomic E-state index is 0.122. The normalized spacial score (nSPS) is 25.6. The first-order chi connectivity index (χ1) is 35.3. The minimum Gasteiger partial charge on any atom is -0.371 e. The van der Waals surface area contributed by atoms with Gasteiger partial charge in [0.25, 0.3) is 0 Å². The SMILES string of the molecule is CC(C)n1cnc2cc(-c3ccc4c(c3)N(C3CC(N5CCCCC5)C3)C(=O)C43CCN(C(=O)C4(C)CCN(C(=O)C5CCN(c6ccc([C@H]7CCC(=O)NC7=O)c(F)c6)CC5)CC4)CC3)nc(NC3CC3)c21. The Morgan fingerprint density at radius 1 is 0.808 bits per heavy atom. The van der Waals surface area contributed by atoms with Gasteiger partial charge in [0.15, 0.2) is 5.82 Å². The van der Waals surface area contributed by atoms with Gasteiger partial charge in [-0.1, -0.05) is 31.5 Å². The number of anilines is 3. The van der Waals surface area contributed by atoms with Gasteiger partial charge in [0.05, 0.1) is 28.9 Å². The Kier molecular flexibility index (Phi) is 12.4. The van der Waals surface area contributed by atoms with Crippen molar-refractivity contribution >= 4 is 57.8 Å². The van der Waals surface area contributed by atoms with Gasteiger partial charge in [0.1, 0.15) is 11.3 Å². The fourth-order valence-corrected chi connectivity index (χ4v) is 13.6. The Bertz CT molecular complexity index is 2840. The molecule has 2 aromatic heterocycles. The van der Waals surface area contributed by atoms with Crippen molar-refractivity contribution in [1.29, 1.82) is 0 Å². The summed E-state index contributed by atoms with van der Waals surface area (Å²) >= 11 is 0. The maximum Gasteiger partial charge on any atom is 0.238 e. The molecular formula is C57H71FN10O5. The lowest BCUT2D eigenvalue weighted by atomic mass is 9.72. The molecule has 5 saturated heterocycles. The molecule has 0 radical (unpaired) electrons. The third-order valence-corrected chi connectivity index (χ3v) is 18.5. The second-order valence-corrected chi connectivity index (χ2v) is 23.4. The van der Waals surface area contributed by atoms with E-state index in [9.17, 15) is 19.2 Å². The fourth-order valence-electron chi connectivity index (χ4n) is 13.6. The van der Waals surface area contributed by atoms with E-state index in [1.54, 1.807) is 6.07 Å². The monoisotopic (exact) mass is 995 g/mol. The molecule has 2 aromatic carbocycles. The zero-order valence-corrected chi connectivity index (χ0v) is 42.8. The van der Waals surface area contributed by atoms with Crippen LogP contribution in [-0.2, 0) is 29.4 Å². The molecule has 12 rings (SSSR count). The summed E-state index contributed by atoms with van der Waals surface area (Å²) in [6, 6.07) is 14.9. The van der Waals surface area contributed by atoms with Crippen molar-refractivity contribution in [2.24, 2.45) is 11.3 Å². The number of imidazole rings is 1. The third kappa shape index (κ3) is 8.66. The summed E-state index contributed by atoms with van der Waals surface area (Å²) in [5.74, 6) is -0.778. The van der Waals surface area contributed by atoms with E-state index < -0.39 is 28.5 Å². The van der Waals surface area contributed by atoms with Crippen molar-refractivity contribution in [3.63, 3.8) is 0 Å². The highest BCUT2D eigenvalue weighted by molar-refractivity contribution is 6.09. The van der Waals surface area contributed by atoms with Crippen LogP contribution in [-0.4, -0.2) is 129 Å². The second-order valence-electron chi connectivity index (χ2n) is 23.4. The van der Waals surface area contributed by atoms with E-state index in [1.165, 1.54) is 25.3 Å². The average Bonchev–Trinajstić information content (AvgIpc) is 4.05. The topological polar surface area (TPSA) is 156 Å². The predicted molar refractivity (Wildman–Crippen MR) is 278 cm³/mol. The Hall–Kier alpha value is -5.90. The molecule has 2 N–H and O–H groups in total. The number of likely N-dealkylation sites (tertiary alicyclic amines) is 3. The van der Waals surface area contributed by atoms with Crippen molar-refractivity contribution < 1.29 is 28.4 Å². The van der Waals surface area contributed by atoms with Crippen LogP contribution >= 0.6 is 0 Å². The Balaban J connectivity index is 0.706. The number of hydrogen-bond donors (Lipinski definition) is 2. The Morgan fingerprint density at radius 3 is 2.22 bits per heavy atom. The second kappa shape index (κ2) is 18.8. The van der Waals surface area contributed by atoms with Gasteiger partial charge in [-0.15, -0.1) is 0 Å². The molecule has 1 atom stereocenters. The molecule has 2 aliphatic carbocycles. The smallest absolute Gasteiger partial charge is 0.238 e. The van der Waals surface area contributed by atoms with E-state index in [-0.39, 0.29) is 48.1 Å². The van der Waals surface area contributed by atoms with E-state index in [0.717, 1.165) is 83.8 Å². The largest absolute Gasteiger partial charge is 0.371 e. The molecule has 7 fully saturated rings. The predicted octanol–water partition coefficient (Wildman–Crippen LogP) is 7.68. The first-order valence-corrected chi connectivity index (χ1v) is 27.6. The van der Waals surface area contributed by atoms with Crippen LogP contribution in [0.5, 0.6) is 0 Å². The van der Waals surface area contributed by atoms with Crippen LogP contribution in [0.4, 0.5) is 21.6 Å². The summed E-state index contributed by atoms with van der Waals surface area (Å²) in [6.07, 6.45) is 14.0. The van der Waals surface area contributed by atoms with Crippen LogP contribution in [0.2, 0.25) is 0 Å². The summed E-state index contributed by atoms with van der Waals surface area (Å²) in [7, 11) is 0. The molecular weight excluding hydrogens is 924 g/mol. The molecule has 386 valence electrons. The number of carbonyl (C=O) groups excluding carboxylic acids is 5. The molecule has 0 unspecified atom stereocenters. The standard InChI is InChI=1S/C57H71FN10O5/c1-35(2)67-34-59-47-33-46(61-51(50(47)67)60-38-8-9-38)37-7-13-44-48(29-37)68(41-30-40(31-41)63-21-5-4-6-22-63)55(73)57(44)19-27-66(28-20-57)54(72)56(3)17-25-65(26-18-56)53(71)36-15-23-64(24-16-36)39-10-11-42(45(58)32-39)43-12-14-49(69)62-52(43)70/h7,10-11,13,29,32-36,38,40-41,43H,4-6,8-9,12,14-28,30-31H2,1-3H3,(H,60,61)(H,62,69,70)/t40?,41?,43-/m1/s1. The maximum absolute atomic E-state index is 15.3. The van der Waals surface area contributed by atoms with Gasteiger partial charge in [-0.05, 0) is 140 Å². The van der Waals surface area contributed by atoms with Gasteiger partial charge in [-0.25, -0.2) is 14.4 Å². The highest BCUT2D eigenvalue weighted by Gasteiger charge is 2.57. The highest BCUT2D eigenvalue weighted by Crippen LogP contribution is 2.53. The van der Waals surface area contributed by atoms with Crippen molar-refractivity contribution in [1.82, 2.24) is 34.6 Å². The molecule has 8 aliphatic rings. The molecule has 2 saturated carbocycles. The number of benzene rings is 2. The van der Waals surface area contributed by atoms with E-state index in [2.05, 4.69) is 74.9 Å². The van der Waals surface area contributed by atoms with Gasteiger partial charge < -0.3 is 34.4 Å². The van der Waals surface area contributed by atoms with E-state index >= 15 is 9.18 Å². The number of piperidine rings is 5. The number of halogens is 1. The van der Waals surface area contributed by atoms with Crippen molar-refractivity contribution in [2.75, 3.05) is 67.5 Å². The van der Waals surface area contributed by atoms with Gasteiger partial charge in [-0.2, -0.15) is 0 Å². The van der Waals surface area contributed by atoms with Crippen LogP contribution in [0, 0.1) is 17.2 Å². The molecule has 1 spiro atoms. The number of imide groups is 1. The van der Waals surface area contributed by atoms with E-state index in [0.29, 0.717) is 102 Å². The average molecular weight is 995 g/mol. The number of hydrogen-bond acceptors (Lipinski definition) is 10. The van der Waals surface area contributed by atoms with Crippen LogP contribution in [0.25, 0.3) is 22.3 Å². The van der Waals surface area contributed by atoms with Crippen LogP contribution < -0.4 is 20.4 Å². The fraction of sp³-hybridized carbons (Fsp3) is 0.596. The molecule has 15 nitrogen and oxygen atoms in total. The first-order valence-electron chi connectivity index (χ1n) is 27.6. The van der Waals surface area contributed by atoms with Gasteiger partial charge >= 0.3 is 0 Å². The first kappa shape index (κ1) is 48.1. The van der Waals surface area contributed by atoms with Crippen molar-refractivity contribution in [3.05, 3.63) is 65.7 Å². The zero-order valence-electron chi connectivity index (χ0n) is 42.8. The Morgan fingerprint density at radius 2 is 1.53 bits per heavy atom. The number of rotatable bonds is 10. The maximum atomic E-state index is 15.3. The van der Waals surface area contributed by atoms with Crippen molar-refractivity contribution in [2.45, 2.75) is 153 Å². The van der Waals surface area contributed by atoms with Gasteiger partial charge in [0.2, 0.25) is 29.5 Å². The molecule has 73 heavy (non-hydrogen) atoms. The molecule has 0 bridgehead atoms. The van der Waals surface area contributed by atoms with E-state index in [1.807, 2.05) is 22.2 Å². The van der Waals surface area contributed by atoms with Crippen molar-refractivity contribution in [3.8, 4) is 11.3 Å².